The molecule has 0 radical (unpaired) electrons. The number of hydrogen-bond donors (Lipinski definition) is 1. The minimum absolute atomic E-state index is 0.502. The first-order chi connectivity index (χ1) is 9.79. The molecule has 0 bridgehead atoms. The van der Waals surface area contributed by atoms with Gasteiger partial charge in [0, 0.05) is 17.6 Å². The molecule has 3 rings (SSSR count). The van der Waals surface area contributed by atoms with Crippen LogP contribution < -0.4 is 10.1 Å². The molecule has 2 aromatic rings. The molecule has 1 saturated carbocycles. The third-order valence-electron chi connectivity index (χ3n) is 3.24. The van der Waals surface area contributed by atoms with E-state index in [9.17, 15) is 0 Å². The van der Waals surface area contributed by atoms with Gasteiger partial charge in [0.2, 0.25) is 0 Å². The number of halogens is 1. The van der Waals surface area contributed by atoms with Crippen molar-refractivity contribution in [3.8, 4) is 5.75 Å². The van der Waals surface area contributed by atoms with E-state index in [-0.39, 0.29) is 0 Å². The van der Waals surface area contributed by atoms with Gasteiger partial charge in [-0.2, -0.15) is 0 Å². The minimum atomic E-state index is 0.502. The Morgan fingerprint density at radius 1 is 1.25 bits per heavy atom. The van der Waals surface area contributed by atoms with Crippen LogP contribution >= 0.6 is 11.6 Å². The Morgan fingerprint density at radius 2 is 2.15 bits per heavy atom. The van der Waals surface area contributed by atoms with E-state index in [4.69, 9.17) is 16.3 Å². The highest BCUT2D eigenvalue weighted by Gasteiger charge is 2.19. The average Bonchev–Trinajstić information content (AvgIpc) is 3.28. The Hall–Kier alpha value is -1.58. The highest BCUT2D eigenvalue weighted by atomic mass is 35.5. The number of aromatic nitrogens is 1. The number of nitrogens with one attached hydrogen (secondary N) is 1. The van der Waals surface area contributed by atoms with Crippen molar-refractivity contribution in [1.82, 2.24) is 10.3 Å². The molecule has 0 unspecified atom stereocenters. The molecule has 0 amide bonds. The summed E-state index contributed by atoms with van der Waals surface area (Å²) in [5.41, 5.74) is 2.10. The summed E-state index contributed by atoms with van der Waals surface area (Å²) in [6, 6.07) is 12.3. The van der Waals surface area contributed by atoms with Gasteiger partial charge < -0.3 is 10.1 Å². The van der Waals surface area contributed by atoms with E-state index in [2.05, 4.69) is 10.3 Å². The molecule has 1 aliphatic carbocycles. The molecule has 1 N–H and O–H groups in total. The molecule has 0 aliphatic heterocycles. The zero-order valence-electron chi connectivity index (χ0n) is 11.2. The second kappa shape index (κ2) is 6.25. The largest absolute Gasteiger partial charge is 0.487 e. The molecule has 0 spiro atoms. The van der Waals surface area contributed by atoms with Crippen molar-refractivity contribution in [2.24, 2.45) is 0 Å². The minimum Gasteiger partial charge on any atom is -0.487 e. The fourth-order valence-electron chi connectivity index (χ4n) is 1.93. The first kappa shape index (κ1) is 13.4. The Kier molecular flexibility index (Phi) is 4.19. The lowest BCUT2D eigenvalue weighted by Crippen LogP contribution is -2.16. The first-order valence-electron chi connectivity index (χ1n) is 6.85. The number of rotatable bonds is 6. The summed E-state index contributed by atoms with van der Waals surface area (Å²) in [5, 5.41) is 4.17. The maximum Gasteiger partial charge on any atom is 0.138 e. The lowest BCUT2D eigenvalue weighted by molar-refractivity contribution is 0.305. The molecule has 3 nitrogen and oxygen atoms in total. The summed E-state index contributed by atoms with van der Waals surface area (Å²) in [5.74, 6) is 0.778. The zero-order chi connectivity index (χ0) is 13.8. The van der Waals surface area contributed by atoms with Crippen LogP contribution in [0.5, 0.6) is 5.75 Å². The van der Waals surface area contributed by atoms with Crippen molar-refractivity contribution in [2.75, 3.05) is 0 Å². The normalized spacial score (nSPS) is 14.2. The van der Waals surface area contributed by atoms with Gasteiger partial charge in [-0.3, -0.25) is 4.98 Å². The summed E-state index contributed by atoms with van der Waals surface area (Å²) < 4.78 is 5.70. The Morgan fingerprint density at radius 3 is 2.85 bits per heavy atom. The van der Waals surface area contributed by atoms with Crippen LogP contribution in [-0.2, 0) is 13.2 Å². The quantitative estimate of drug-likeness (QED) is 0.882. The fraction of sp³-hybridized carbons (Fsp3) is 0.312. The maximum atomic E-state index is 5.94. The SMILES string of the molecule is Clc1cccc(COc2ccc(CNC3CC3)nc2)c1. The van der Waals surface area contributed by atoms with E-state index >= 15 is 0 Å². The van der Waals surface area contributed by atoms with Crippen molar-refractivity contribution >= 4 is 11.6 Å². The smallest absolute Gasteiger partial charge is 0.138 e. The first-order valence-corrected chi connectivity index (χ1v) is 7.23. The van der Waals surface area contributed by atoms with Crippen molar-refractivity contribution in [3.05, 3.63) is 58.9 Å². The molecule has 0 saturated heterocycles. The molecule has 20 heavy (non-hydrogen) atoms. The van der Waals surface area contributed by atoms with Crippen molar-refractivity contribution in [2.45, 2.75) is 32.0 Å². The Labute approximate surface area is 123 Å². The van der Waals surface area contributed by atoms with Crippen molar-refractivity contribution in [1.29, 1.82) is 0 Å². The second-order valence-corrected chi connectivity index (χ2v) is 5.50. The molecule has 1 aromatic heterocycles. The Balaban J connectivity index is 1.52. The summed E-state index contributed by atoms with van der Waals surface area (Å²) in [4.78, 5) is 4.39. The molecule has 4 heteroatoms. The van der Waals surface area contributed by atoms with Gasteiger partial charge >= 0.3 is 0 Å². The van der Waals surface area contributed by atoms with Crippen LogP contribution in [0.15, 0.2) is 42.6 Å². The monoisotopic (exact) mass is 288 g/mol. The standard InChI is InChI=1S/C16H17ClN2O/c17-13-3-1-2-12(8-13)11-20-16-7-6-15(19-10-16)9-18-14-4-5-14/h1-3,6-8,10,14,18H,4-5,9,11H2. The van der Waals surface area contributed by atoms with Crippen LogP contribution in [0.1, 0.15) is 24.1 Å². The second-order valence-electron chi connectivity index (χ2n) is 5.06. The predicted molar refractivity (Wildman–Crippen MR) is 79.9 cm³/mol. The van der Waals surface area contributed by atoms with Gasteiger partial charge in [0.1, 0.15) is 12.4 Å². The van der Waals surface area contributed by atoms with Crippen molar-refractivity contribution < 1.29 is 4.74 Å². The van der Waals surface area contributed by atoms with Crippen LogP contribution in [0.3, 0.4) is 0 Å². The maximum absolute atomic E-state index is 5.94. The predicted octanol–water partition coefficient (Wildman–Crippen LogP) is 3.57. The van der Waals surface area contributed by atoms with Gasteiger partial charge in [0.15, 0.2) is 0 Å². The zero-order valence-corrected chi connectivity index (χ0v) is 11.9. The van der Waals surface area contributed by atoms with E-state index in [1.165, 1.54) is 12.8 Å². The van der Waals surface area contributed by atoms with Gasteiger partial charge in [-0.15, -0.1) is 0 Å². The number of hydrogen-bond acceptors (Lipinski definition) is 3. The third kappa shape index (κ3) is 3.95. The number of ether oxygens (including phenoxy) is 1. The van der Waals surface area contributed by atoms with E-state index < -0.39 is 0 Å². The average molecular weight is 289 g/mol. The number of pyridine rings is 1. The van der Waals surface area contributed by atoms with E-state index in [1.54, 1.807) is 6.20 Å². The number of benzene rings is 1. The van der Waals surface area contributed by atoms with Gasteiger partial charge in [0.25, 0.3) is 0 Å². The van der Waals surface area contributed by atoms with Crippen LogP contribution in [0.25, 0.3) is 0 Å². The molecule has 1 heterocycles. The topological polar surface area (TPSA) is 34.1 Å². The molecular weight excluding hydrogens is 272 g/mol. The van der Waals surface area contributed by atoms with E-state index in [0.717, 1.165) is 28.6 Å². The van der Waals surface area contributed by atoms with E-state index in [0.29, 0.717) is 12.6 Å². The van der Waals surface area contributed by atoms with E-state index in [1.807, 2.05) is 36.4 Å². The van der Waals surface area contributed by atoms with Crippen LogP contribution in [0, 0.1) is 0 Å². The van der Waals surface area contributed by atoms with Crippen LogP contribution in [0.2, 0.25) is 5.02 Å². The van der Waals surface area contributed by atoms with Crippen molar-refractivity contribution in [3.63, 3.8) is 0 Å². The summed E-state index contributed by atoms with van der Waals surface area (Å²) >= 11 is 5.94. The molecule has 1 aliphatic rings. The van der Waals surface area contributed by atoms with Gasteiger partial charge in [-0.05, 0) is 42.7 Å². The summed E-state index contributed by atoms with van der Waals surface area (Å²) in [6.07, 6.45) is 4.36. The highest BCUT2D eigenvalue weighted by molar-refractivity contribution is 6.30. The van der Waals surface area contributed by atoms with Gasteiger partial charge in [0.05, 0.1) is 11.9 Å². The molecule has 1 fully saturated rings. The van der Waals surface area contributed by atoms with Gasteiger partial charge in [-0.1, -0.05) is 23.7 Å². The molecular formula is C16H17ClN2O. The van der Waals surface area contributed by atoms with Crippen LogP contribution in [-0.4, -0.2) is 11.0 Å². The Bertz CT molecular complexity index is 567. The summed E-state index contributed by atoms with van der Waals surface area (Å²) in [7, 11) is 0. The van der Waals surface area contributed by atoms with Crippen LogP contribution in [0.4, 0.5) is 0 Å². The number of nitrogens with zero attached hydrogens (tertiary/aromatic N) is 1. The lowest BCUT2D eigenvalue weighted by Gasteiger charge is -2.07. The summed E-state index contributed by atoms with van der Waals surface area (Å²) in [6.45, 7) is 1.33. The molecule has 1 aromatic carbocycles. The molecule has 104 valence electrons. The molecule has 0 atom stereocenters. The highest BCUT2D eigenvalue weighted by Crippen LogP contribution is 2.19. The third-order valence-corrected chi connectivity index (χ3v) is 3.48. The fourth-order valence-corrected chi connectivity index (χ4v) is 2.14. The lowest BCUT2D eigenvalue weighted by atomic mass is 10.2. The van der Waals surface area contributed by atoms with Gasteiger partial charge in [-0.25, -0.2) is 0 Å².